The number of halogens is 1. The monoisotopic (exact) mass is 658 g/mol. The Kier molecular flexibility index (Phi) is 7.53. The quantitative estimate of drug-likeness (QED) is 0.206. The molecule has 2 saturated heterocycles. The summed E-state index contributed by atoms with van der Waals surface area (Å²) in [7, 11) is 0. The fourth-order valence-electron chi connectivity index (χ4n) is 5.02. The van der Waals surface area contributed by atoms with Crippen LogP contribution in [0.15, 0.2) is 35.5 Å². The SMILES string of the molecule is CC(C)NC(=O)n1ccc2c(C(=O)N3CCC4(CC3)CN/C(=N\C(=O)c3nc(CI)c(N)nc3N)N4)cccc21. The number of aromatic nitrogens is 3. The number of benzene rings is 1. The number of nitrogen functional groups attached to an aromatic ring is 2. The summed E-state index contributed by atoms with van der Waals surface area (Å²) in [6.07, 6.45) is 3.01. The maximum Gasteiger partial charge on any atom is 0.326 e. The number of anilines is 2. The number of alkyl halides is 1. The van der Waals surface area contributed by atoms with E-state index in [0.29, 0.717) is 59.6 Å². The predicted molar refractivity (Wildman–Crippen MR) is 160 cm³/mol. The third-order valence-electron chi connectivity index (χ3n) is 7.15. The highest BCUT2D eigenvalue weighted by atomic mass is 127. The van der Waals surface area contributed by atoms with Crippen LogP contribution in [0.4, 0.5) is 16.4 Å². The molecule has 1 spiro atoms. The van der Waals surface area contributed by atoms with Crippen molar-refractivity contribution in [1.82, 2.24) is 35.4 Å². The molecule has 0 bridgehead atoms. The zero-order valence-electron chi connectivity index (χ0n) is 22.2. The largest absolute Gasteiger partial charge is 0.382 e. The lowest BCUT2D eigenvalue weighted by Crippen LogP contribution is -2.53. The second-order valence-electron chi connectivity index (χ2n) is 10.3. The summed E-state index contributed by atoms with van der Waals surface area (Å²) in [4.78, 5) is 53.1. The normalized spacial score (nSPS) is 17.3. The van der Waals surface area contributed by atoms with Gasteiger partial charge in [-0.3, -0.25) is 14.2 Å². The number of fused-ring (bicyclic) bond motifs is 1. The van der Waals surface area contributed by atoms with Gasteiger partial charge >= 0.3 is 11.9 Å². The van der Waals surface area contributed by atoms with Gasteiger partial charge in [-0.2, -0.15) is 4.99 Å². The summed E-state index contributed by atoms with van der Waals surface area (Å²) in [6.45, 7) is 5.40. The Bertz CT molecular complexity index is 1520. The van der Waals surface area contributed by atoms with Crippen LogP contribution in [0.3, 0.4) is 0 Å². The zero-order valence-corrected chi connectivity index (χ0v) is 24.4. The molecule has 0 aliphatic carbocycles. The number of rotatable bonds is 4. The van der Waals surface area contributed by atoms with Crippen molar-refractivity contribution in [2.24, 2.45) is 4.99 Å². The number of nitrogens with zero attached hydrogens (tertiary/aromatic N) is 5. The van der Waals surface area contributed by atoms with Gasteiger partial charge in [-0.25, -0.2) is 14.8 Å². The summed E-state index contributed by atoms with van der Waals surface area (Å²) in [5.41, 5.74) is 13.0. The van der Waals surface area contributed by atoms with Gasteiger partial charge in [0.2, 0.25) is 0 Å². The van der Waals surface area contributed by atoms with E-state index in [-0.39, 0.29) is 40.8 Å². The molecule has 40 heavy (non-hydrogen) atoms. The zero-order chi connectivity index (χ0) is 28.6. The van der Waals surface area contributed by atoms with Crippen molar-refractivity contribution in [2.45, 2.75) is 42.7 Å². The molecule has 0 unspecified atom stereocenters. The van der Waals surface area contributed by atoms with Gasteiger partial charge in [0.25, 0.3) is 5.91 Å². The van der Waals surface area contributed by atoms with Crippen LogP contribution in [-0.4, -0.2) is 74.5 Å². The van der Waals surface area contributed by atoms with Gasteiger partial charge in [0, 0.05) is 47.3 Å². The lowest BCUT2D eigenvalue weighted by Gasteiger charge is -2.38. The van der Waals surface area contributed by atoms with Crippen LogP contribution in [0.5, 0.6) is 0 Å². The van der Waals surface area contributed by atoms with Crippen molar-refractivity contribution in [1.29, 1.82) is 0 Å². The molecule has 4 heterocycles. The fraction of sp³-hybridized carbons (Fsp3) is 0.385. The van der Waals surface area contributed by atoms with Crippen LogP contribution in [0, 0.1) is 0 Å². The third-order valence-corrected chi connectivity index (χ3v) is 7.87. The highest BCUT2D eigenvalue weighted by Gasteiger charge is 2.41. The number of nitrogens with two attached hydrogens (primary N) is 2. The first-order chi connectivity index (χ1) is 19.1. The van der Waals surface area contributed by atoms with E-state index in [2.05, 4.69) is 53.5 Å². The number of aliphatic imine (C=N–C) groups is 1. The second-order valence-corrected chi connectivity index (χ2v) is 11.0. The molecule has 2 fully saturated rings. The summed E-state index contributed by atoms with van der Waals surface area (Å²) < 4.78 is 2.01. The van der Waals surface area contributed by atoms with Gasteiger partial charge in [0.15, 0.2) is 17.5 Å². The van der Waals surface area contributed by atoms with Gasteiger partial charge in [0.05, 0.1) is 16.7 Å². The van der Waals surface area contributed by atoms with Gasteiger partial charge < -0.3 is 32.3 Å². The summed E-state index contributed by atoms with van der Waals surface area (Å²) in [5.74, 6) is -0.228. The Hall–Kier alpha value is -3.95. The van der Waals surface area contributed by atoms with Crippen molar-refractivity contribution >= 4 is 68.9 Å². The lowest BCUT2D eigenvalue weighted by atomic mass is 9.88. The highest BCUT2D eigenvalue weighted by Crippen LogP contribution is 2.28. The molecule has 3 amide bonds. The number of likely N-dealkylation sites (tertiary alicyclic amines) is 1. The molecule has 13 nitrogen and oxygen atoms in total. The molecule has 5 rings (SSSR count). The van der Waals surface area contributed by atoms with E-state index < -0.39 is 5.91 Å². The van der Waals surface area contributed by atoms with Crippen molar-refractivity contribution in [2.75, 3.05) is 31.1 Å². The minimum Gasteiger partial charge on any atom is -0.382 e. The number of carbonyl (C=O) groups is 3. The van der Waals surface area contributed by atoms with Crippen molar-refractivity contribution in [3.05, 3.63) is 47.4 Å². The smallest absolute Gasteiger partial charge is 0.326 e. The van der Waals surface area contributed by atoms with Gasteiger partial charge in [0.1, 0.15) is 5.82 Å². The van der Waals surface area contributed by atoms with Crippen molar-refractivity contribution in [3.8, 4) is 0 Å². The van der Waals surface area contributed by atoms with Crippen LogP contribution in [-0.2, 0) is 4.43 Å². The standard InChI is InChI=1S/C26H31IN10O3/c1-14(2)31-25(40)37-9-6-15-16(4-3-5-18(15)37)23(39)36-10-7-26(8-11-36)13-30-24(35-26)34-22(38)19-21(29)33-20(28)17(12-27)32-19/h3-6,9,14H,7-8,10-13H2,1-2H3,(H,31,40)(H4,28,29,33)(H2,30,34,35,38). The fourth-order valence-corrected chi connectivity index (χ4v) is 5.59. The van der Waals surface area contributed by atoms with E-state index in [4.69, 9.17) is 11.5 Å². The molecule has 0 atom stereocenters. The molecule has 0 saturated carbocycles. The van der Waals surface area contributed by atoms with Crippen LogP contribution < -0.4 is 27.4 Å². The highest BCUT2D eigenvalue weighted by molar-refractivity contribution is 14.1. The van der Waals surface area contributed by atoms with E-state index in [0.717, 1.165) is 5.39 Å². The number of amides is 3. The molecule has 3 aromatic rings. The minimum absolute atomic E-state index is 0.00376. The number of hydrogen-bond donors (Lipinski definition) is 5. The van der Waals surface area contributed by atoms with Crippen molar-refractivity contribution < 1.29 is 14.4 Å². The molecule has 14 heteroatoms. The molecule has 7 N–H and O–H groups in total. The van der Waals surface area contributed by atoms with E-state index in [1.807, 2.05) is 24.8 Å². The Labute approximate surface area is 244 Å². The van der Waals surface area contributed by atoms with Crippen LogP contribution in [0.25, 0.3) is 10.9 Å². The first-order valence-corrected chi connectivity index (χ1v) is 14.5. The maximum absolute atomic E-state index is 13.5. The van der Waals surface area contributed by atoms with Gasteiger partial charge in [-0.15, -0.1) is 0 Å². The predicted octanol–water partition coefficient (Wildman–Crippen LogP) is 1.86. The summed E-state index contributed by atoms with van der Waals surface area (Å²) >= 11 is 2.09. The molecule has 210 valence electrons. The maximum atomic E-state index is 13.5. The lowest BCUT2D eigenvalue weighted by molar-refractivity contribution is 0.0671. The molecular formula is C26H31IN10O3. The number of piperidine rings is 1. The number of guanidine groups is 1. The van der Waals surface area contributed by atoms with Crippen LogP contribution >= 0.6 is 22.6 Å². The van der Waals surface area contributed by atoms with Crippen molar-refractivity contribution in [3.63, 3.8) is 0 Å². The Balaban J connectivity index is 1.26. The average molecular weight is 659 g/mol. The molecule has 2 aliphatic rings. The topological polar surface area (TPSA) is 186 Å². The van der Waals surface area contributed by atoms with Crippen LogP contribution in [0.1, 0.15) is 53.2 Å². The summed E-state index contributed by atoms with van der Waals surface area (Å²) in [6, 6.07) is 6.99. The number of nitrogens with one attached hydrogen (secondary N) is 3. The Morgan fingerprint density at radius 1 is 1.15 bits per heavy atom. The molecule has 2 aromatic heterocycles. The molecule has 2 aliphatic heterocycles. The first kappa shape index (κ1) is 27.6. The van der Waals surface area contributed by atoms with E-state index in [1.54, 1.807) is 24.4 Å². The average Bonchev–Trinajstić information content (AvgIpc) is 3.52. The van der Waals surface area contributed by atoms with Gasteiger partial charge in [-0.05, 0) is 44.9 Å². The van der Waals surface area contributed by atoms with Crippen LogP contribution in [0.2, 0.25) is 0 Å². The second kappa shape index (κ2) is 10.9. The van der Waals surface area contributed by atoms with E-state index in [1.165, 1.54) is 4.57 Å². The number of carbonyl (C=O) groups excluding carboxylic acids is 3. The van der Waals surface area contributed by atoms with Gasteiger partial charge in [-0.1, -0.05) is 28.7 Å². The summed E-state index contributed by atoms with van der Waals surface area (Å²) in [5, 5.41) is 10.1. The number of hydrogen-bond acceptors (Lipinski definition) is 7. The first-order valence-electron chi connectivity index (χ1n) is 12.9. The van der Waals surface area contributed by atoms with E-state index in [9.17, 15) is 14.4 Å². The Morgan fingerprint density at radius 2 is 1.90 bits per heavy atom. The molecule has 0 radical (unpaired) electrons. The van der Waals surface area contributed by atoms with E-state index >= 15 is 0 Å². The third kappa shape index (κ3) is 5.26. The molecule has 1 aromatic carbocycles. The minimum atomic E-state index is -0.613. The molecular weight excluding hydrogens is 627 g/mol. The Morgan fingerprint density at radius 3 is 2.60 bits per heavy atom.